The Morgan fingerprint density at radius 3 is 2.12 bits per heavy atom. The van der Waals surface area contributed by atoms with Gasteiger partial charge in [-0.3, -0.25) is 4.40 Å². The Labute approximate surface area is 239 Å². The lowest BCUT2D eigenvalue weighted by molar-refractivity contribution is 0.330. The van der Waals surface area contributed by atoms with Crippen LogP contribution in [-0.2, 0) is 10.0 Å². The minimum atomic E-state index is -9.73. The second-order valence-electron chi connectivity index (χ2n) is 10.7. The van der Waals surface area contributed by atoms with Crippen LogP contribution in [-0.4, -0.2) is 59.5 Å². The van der Waals surface area contributed by atoms with Crippen molar-refractivity contribution in [3.05, 3.63) is 72.7 Å². The number of hydrogen-bond donors (Lipinski definition) is 2. The fraction of sp³-hybridized carbons (Fsp3) is 0.333. The van der Waals surface area contributed by atoms with Crippen molar-refractivity contribution in [2.45, 2.75) is 41.0 Å². The summed E-state index contributed by atoms with van der Waals surface area (Å²) in [6, 6.07) is 12.9. The van der Waals surface area contributed by atoms with Gasteiger partial charge >= 0.3 is 10.2 Å². The molecule has 2 fully saturated rings. The normalized spacial score (nSPS) is 20.8. The Bertz CT molecular complexity index is 1720. The van der Waals surface area contributed by atoms with E-state index >= 15 is 0 Å². The molecule has 6 rings (SSSR count). The van der Waals surface area contributed by atoms with E-state index in [9.17, 15) is 27.8 Å². The summed E-state index contributed by atoms with van der Waals surface area (Å²) in [4.78, 5) is -1.79. The monoisotopic (exact) mass is 628 g/mol. The zero-order chi connectivity index (χ0) is 29.8. The van der Waals surface area contributed by atoms with Gasteiger partial charge in [-0.1, -0.05) is 31.6 Å². The first-order chi connectivity index (χ1) is 19.7. The van der Waals surface area contributed by atoms with Gasteiger partial charge in [-0.2, -0.15) is 4.31 Å². The maximum Gasteiger partial charge on any atom is 0.310 e. The van der Waals surface area contributed by atoms with Crippen molar-refractivity contribution in [1.29, 1.82) is 0 Å². The molecule has 2 aliphatic rings. The predicted octanol–water partition coefficient (Wildman–Crippen LogP) is 6.40. The van der Waals surface area contributed by atoms with Gasteiger partial charge in [-0.05, 0) is 85.5 Å². The van der Waals surface area contributed by atoms with Crippen LogP contribution in [0.4, 0.5) is 25.1 Å². The van der Waals surface area contributed by atoms with Crippen LogP contribution in [0.15, 0.2) is 76.7 Å². The van der Waals surface area contributed by atoms with Gasteiger partial charge < -0.3 is 10.6 Å². The summed E-state index contributed by atoms with van der Waals surface area (Å²) in [6.07, 6.45) is 3.76. The van der Waals surface area contributed by atoms with E-state index in [4.69, 9.17) is 0 Å². The van der Waals surface area contributed by atoms with Crippen LogP contribution in [0.25, 0.3) is 16.8 Å². The number of anilines is 1. The number of rotatable bonds is 7. The molecule has 0 amide bonds. The number of aromatic nitrogens is 3. The van der Waals surface area contributed by atoms with Crippen molar-refractivity contribution in [3.8, 4) is 11.1 Å². The number of fused-ring (bicyclic) bond motifs is 1. The number of benzene rings is 2. The molecule has 0 saturated carbocycles. The molecule has 2 N–H and O–H groups in total. The maximum atomic E-state index is 13.3. The molecule has 2 aromatic carbocycles. The quantitative estimate of drug-likeness (QED) is 0.231. The average molecular weight is 629 g/mol. The van der Waals surface area contributed by atoms with E-state index in [1.165, 1.54) is 4.31 Å². The largest absolute Gasteiger partial charge is 0.382 e. The summed E-state index contributed by atoms with van der Waals surface area (Å²) in [5.41, 5.74) is 2.76. The van der Waals surface area contributed by atoms with Crippen molar-refractivity contribution >= 4 is 31.6 Å². The Kier molecular flexibility index (Phi) is 6.61. The molecule has 0 radical (unpaired) electrons. The number of nitrogens with zero attached hydrogens (tertiary/aromatic N) is 4. The molecule has 42 heavy (non-hydrogen) atoms. The molecule has 4 heterocycles. The fourth-order valence-corrected chi connectivity index (χ4v) is 7.61. The molecule has 15 heteroatoms. The van der Waals surface area contributed by atoms with E-state index < -0.39 is 25.1 Å². The molecule has 0 spiro atoms. The first kappa shape index (κ1) is 28.8. The van der Waals surface area contributed by atoms with Gasteiger partial charge in [0.25, 0.3) is 0 Å². The van der Waals surface area contributed by atoms with Crippen molar-refractivity contribution < 1.29 is 27.8 Å². The van der Waals surface area contributed by atoms with E-state index in [0.717, 1.165) is 54.2 Å². The second-order valence-corrected chi connectivity index (χ2v) is 15.1. The molecule has 2 aliphatic heterocycles. The highest BCUT2D eigenvalue weighted by Crippen LogP contribution is 3.02. The van der Waals surface area contributed by atoms with Gasteiger partial charge in [-0.25, -0.2) is 8.42 Å². The number of sulfonamides is 1. The molecule has 0 bridgehead atoms. The van der Waals surface area contributed by atoms with Crippen LogP contribution >= 0.6 is 10.2 Å². The maximum absolute atomic E-state index is 13.3. The zero-order valence-corrected chi connectivity index (χ0v) is 23.9. The lowest BCUT2D eigenvalue weighted by atomic mass is 10.1. The standard InChI is InChI=1S/C27H29F5N6O2S2/c28-42(29,30,31,32)25-8-4-22(5-9-25)34-23-12-15-37(16-13-23)41(39,40)24-6-1-19(2-7-24)21-3-10-26-35-36-27(38(26)18-21)20-11-14-33-17-20/h1-10,18,20,23,33-34H,11-17H2/t20-/m0/s1. The molecule has 0 unspecified atom stereocenters. The molecule has 4 aromatic rings. The van der Waals surface area contributed by atoms with Crippen LogP contribution in [0.5, 0.6) is 0 Å². The van der Waals surface area contributed by atoms with Gasteiger partial charge in [0, 0.05) is 43.5 Å². The van der Waals surface area contributed by atoms with E-state index in [2.05, 4.69) is 20.8 Å². The Balaban J connectivity index is 1.10. The van der Waals surface area contributed by atoms with Gasteiger partial charge in [0.1, 0.15) is 10.7 Å². The molecular weight excluding hydrogens is 599 g/mol. The molecule has 8 nitrogen and oxygen atoms in total. The van der Waals surface area contributed by atoms with Crippen LogP contribution in [0.1, 0.15) is 31.0 Å². The van der Waals surface area contributed by atoms with Crippen LogP contribution in [0.3, 0.4) is 0 Å². The highest BCUT2D eigenvalue weighted by atomic mass is 32.5. The number of piperidine rings is 1. The first-order valence-corrected chi connectivity index (χ1v) is 16.8. The van der Waals surface area contributed by atoms with Crippen LogP contribution in [0.2, 0.25) is 0 Å². The Morgan fingerprint density at radius 1 is 0.833 bits per heavy atom. The third kappa shape index (κ3) is 5.82. The highest BCUT2D eigenvalue weighted by Gasteiger charge is 2.65. The molecule has 2 aromatic heterocycles. The smallest absolute Gasteiger partial charge is 0.310 e. The van der Waals surface area contributed by atoms with Gasteiger partial charge in [0.15, 0.2) is 5.65 Å². The van der Waals surface area contributed by atoms with E-state index in [1.807, 2.05) is 22.7 Å². The first-order valence-electron chi connectivity index (χ1n) is 13.4. The third-order valence-electron chi connectivity index (χ3n) is 7.80. The lowest BCUT2D eigenvalue weighted by Gasteiger charge is -2.40. The Morgan fingerprint density at radius 2 is 1.50 bits per heavy atom. The topological polar surface area (TPSA) is 91.6 Å². The number of halogens is 5. The van der Waals surface area contributed by atoms with Crippen molar-refractivity contribution in [2.24, 2.45) is 0 Å². The minimum Gasteiger partial charge on any atom is -0.382 e. The SMILES string of the molecule is O=S(=O)(c1ccc(-c2ccc3nnc([C@H]4CCNC4)n3c2)cc1)N1CCC(Nc2ccc(S(F)(F)(F)(F)F)cc2)CC1. The summed E-state index contributed by atoms with van der Waals surface area (Å²) in [5, 5.41) is 15.0. The highest BCUT2D eigenvalue weighted by molar-refractivity contribution is 8.45. The molecular formula is C27H29F5N6O2S2. The van der Waals surface area contributed by atoms with Crippen molar-refractivity contribution in [2.75, 3.05) is 31.5 Å². The number of pyridine rings is 1. The molecule has 1 atom stereocenters. The third-order valence-corrected chi connectivity index (χ3v) is 10.9. The minimum absolute atomic E-state index is 0.160. The summed E-state index contributed by atoms with van der Waals surface area (Å²) in [7, 11) is -13.5. The van der Waals surface area contributed by atoms with Crippen LogP contribution < -0.4 is 10.6 Å². The van der Waals surface area contributed by atoms with Gasteiger partial charge in [0.05, 0.1) is 4.90 Å². The Hall–Kier alpha value is -3.27. The molecule has 0 aliphatic carbocycles. The van der Waals surface area contributed by atoms with E-state index in [1.54, 1.807) is 24.3 Å². The zero-order valence-electron chi connectivity index (χ0n) is 22.3. The predicted molar refractivity (Wildman–Crippen MR) is 152 cm³/mol. The second kappa shape index (κ2) is 9.62. The van der Waals surface area contributed by atoms with E-state index in [0.29, 0.717) is 25.0 Å². The summed E-state index contributed by atoms with van der Waals surface area (Å²) in [5.74, 6) is 1.18. The average Bonchev–Trinajstić information content (AvgIpc) is 3.62. The summed E-state index contributed by atoms with van der Waals surface area (Å²) < 4.78 is 94.8. The fourth-order valence-electron chi connectivity index (χ4n) is 5.49. The summed E-state index contributed by atoms with van der Waals surface area (Å²) >= 11 is 0. The van der Waals surface area contributed by atoms with E-state index in [-0.39, 0.29) is 35.6 Å². The molecule has 2 saturated heterocycles. The van der Waals surface area contributed by atoms with Crippen molar-refractivity contribution in [3.63, 3.8) is 0 Å². The van der Waals surface area contributed by atoms with Crippen molar-refractivity contribution in [1.82, 2.24) is 24.2 Å². The van der Waals surface area contributed by atoms with Gasteiger partial charge in [-0.15, -0.1) is 10.2 Å². The number of hydrogen-bond acceptors (Lipinski definition) is 6. The summed E-state index contributed by atoms with van der Waals surface area (Å²) in [6.45, 7) is 2.19. The van der Waals surface area contributed by atoms with Gasteiger partial charge in [0.2, 0.25) is 10.0 Å². The lowest BCUT2D eigenvalue weighted by Crippen LogP contribution is -2.42. The number of nitrogens with one attached hydrogen (secondary N) is 2. The molecule has 226 valence electrons. The van der Waals surface area contributed by atoms with Crippen LogP contribution in [0, 0.1) is 0 Å².